The number of aromatic hydroxyl groups is 2. The van der Waals surface area contributed by atoms with Crippen LogP contribution in [0.15, 0.2) is 18.2 Å². The monoisotopic (exact) mass is 251 g/mol. The van der Waals surface area contributed by atoms with Gasteiger partial charge in [-0.25, -0.2) is 0 Å². The van der Waals surface area contributed by atoms with E-state index in [9.17, 15) is 9.90 Å². The molecule has 4 N–H and O–H groups in total. The Morgan fingerprint density at radius 2 is 2.11 bits per heavy atom. The molecule has 1 aromatic rings. The highest BCUT2D eigenvalue weighted by atomic mass is 16.5. The lowest BCUT2D eigenvalue weighted by atomic mass is 10.1. The molecule has 18 heavy (non-hydrogen) atoms. The van der Waals surface area contributed by atoms with E-state index in [1.807, 2.05) is 0 Å². The summed E-state index contributed by atoms with van der Waals surface area (Å²) in [6, 6.07) is 3.63. The van der Waals surface area contributed by atoms with Crippen molar-refractivity contribution >= 4 is 5.97 Å². The summed E-state index contributed by atoms with van der Waals surface area (Å²) in [5.74, 6) is -0.317. The molecular formula is C13H17NO4. The first-order chi connectivity index (χ1) is 8.56. The molecule has 0 amide bonds. The second-order valence-corrected chi connectivity index (χ2v) is 4.71. The molecule has 1 aromatic carbocycles. The topological polar surface area (TPSA) is 92.8 Å². The van der Waals surface area contributed by atoms with Crippen LogP contribution >= 0.6 is 0 Å². The highest BCUT2D eigenvalue weighted by Crippen LogP contribution is 2.29. The van der Waals surface area contributed by atoms with Crippen molar-refractivity contribution in [3.05, 3.63) is 23.8 Å². The van der Waals surface area contributed by atoms with Crippen LogP contribution in [0.3, 0.4) is 0 Å². The number of carbonyl (C=O) groups excluding carboxylic acids is 1. The number of ether oxygens (including phenoxy) is 1. The highest BCUT2D eigenvalue weighted by Gasteiger charge is 2.24. The van der Waals surface area contributed by atoms with E-state index in [0.29, 0.717) is 18.1 Å². The lowest BCUT2D eigenvalue weighted by Crippen LogP contribution is -2.34. The van der Waals surface area contributed by atoms with Crippen molar-refractivity contribution < 1.29 is 19.7 Å². The molecule has 0 heterocycles. The summed E-state index contributed by atoms with van der Waals surface area (Å²) < 4.78 is 5.08. The fourth-order valence-electron chi connectivity index (χ4n) is 1.62. The molecular weight excluding hydrogens is 234 g/mol. The zero-order chi connectivity index (χ0) is 13.1. The molecule has 1 atom stereocenters. The standard InChI is InChI=1S/C13H17NO4/c14-10(13(17)18-7-8-1-2-8)5-9-3-4-11(15)12(16)6-9/h3-4,6,8,10,15-16H,1-2,5,7,14H2/t10-/m0/s1. The maximum atomic E-state index is 11.6. The van der Waals surface area contributed by atoms with Gasteiger partial charge in [-0.1, -0.05) is 6.07 Å². The van der Waals surface area contributed by atoms with Gasteiger partial charge in [0.15, 0.2) is 11.5 Å². The van der Waals surface area contributed by atoms with Crippen LogP contribution in [0.5, 0.6) is 11.5 Å². The SMILES string of the molecule is N[C@@H](Cc1ccc(O)c(O)c1)C(=O)OCC1CC1. The minimum absolute atomic E-state index is 0.191. The van der Waals surface area contributed by atoms with Crippen LogP contribution < -0.4 is 5.73 Å². The lowest BCUT2D eigenvalue weighted by molar-refractivity contribution is -0.145. The van der Waals surface area contributed by atoms with Crippen LogP contribution in [-0.4, -0.2) is 28.8 Å². The third-order valence-corrected chi connectivity index (χ3v) is 2.96. The van der Waals surface area contributed by atoms with Crippen LogP contribution in [-0.2, 0) is 16.0 Å². The maximum absolute atomic E-state index is 11.6. The Morgan fingerprint density at radius 1 is 1.39 bits per heavy atom. The van der Waals surface area contributed by atoms with Gasteiger partial charge in [0.1, 0.15) is 6.04 Å². The average Bonchev–Trinajstić information content (AvgIpc) is 3.14. The summed E-state index contributed by atoms with van der Waals surface area (Å²) in [5.41, 5.74) is 6.41. The van der Waals surface area contributed by atoms with Crippen molar-refractivity contribution in [1.82, 2.24) is 0 Å². The summed E-state index contributed by atoms with van der Waals surface area (Å²) in [6.07, 6.45) is 2.51. The Balaban J connectivity index is 1.86. The van der Waals surface area contributed by atoms with Crippen molar-refractivity contribution in [3.63, 3.8) is 0 Å². The molecule has 1 aliphatic carbocycles. The Bertz CT molecular complexity index is 443. The van der Waals surface area contributed by atoms with E-state index in [1.165, 1.54) is 12.1 Å². The molecule has 0 radical (unpaired) electrons. The quantitative estimate of drug-likeness (QED) is 0.534. The molecule has 2 rings (SSSR count). The summed E-state index contributed by atoms with van der Waals surface area (Å²) in [7, 11) is 0. The number of carbonyl (C=O) groups is 1. The first kappa shape index (κ1) is 12.7. The Hall–Kier alpha value is -1.75. The molecule has 98 valence electrons. The summed E-state index contributed by atoms with van der Waals surface area (Å²) >= 11 is 0. The van der Waals surface area contributed by atoms with Crippen LogP contribution in [0, 0.1) is 5.92 Å². The van der Waals surface area contributed by atoms with Gasteiger partial charge in [-0.05, 0) is 42.9 Å². The molecule has 0 unspecified atom stereocenters. The zero-order valence-corrected chi connectivity index (χ0v) is 10.0. The van der Waals surface area contributed by atoms with Gasteiger partial charge < -0.3 is 20.7 Å². The molecule has 0 aliphatic heterocycles. The maximum Gasteiger partial charge on any atom is 0.323 e. The number of benzene rings is 1. The fraction of sp³-hybridized carbons (Fsp3) is 0.462. The van der Waals surface area contributed by atoms with Crippen LogP contribution in [0.1, 0.15) is 18.4 Å². The molecule has 1 fully saturated rings. The molecule has 0 aromatic heterocycles. The number of hydrogen-bond acceptors (Lipinski definition) is 5. The Kier molecular flexibility index (Phi) is 3.72. The molecule has 0 bridgehead atoms. The average molecular weight is 251 g/mol. The number of phenolic OH excluding ortho intramolecular Hbond substituents is 2. The van der Waals surface area contributed by atoms with Crippen LogP contribution in [0.4, 0.5) is 0 Å². The third kappa shape index (κ3) is 3.37. The van der Waals surface area contributed by atoms with E-state index in [4.69, 9.17) is 15.6 Å². The van der Waals surface area contributed by atoms with Gasteiger partial charge in [-0.2, -0.15) is 0 Å². The van der Waals surface area contributed by atoms with Crippen molar-refractivity contribution in [2.24, 2.45) is 11.7 Å². The second-order valence-electron chi connectivity index (χ2n) is 4.71. The van der Waals surface area contributed by atoms with Gasteiger partial charge in [0.2, 0.25) is 0 Å². The van der Waals surface area contributed by atoms with E-state index in [2.05, 4.69) is 0 Å². The molecule has 1 saturated carbocycles. The Morgan fingerprint density at radius 3 is 2.72 bits per heavy atom. The summed E-state index contributed by atoms with van der Waals surface area (Å²) in [4.78, 5) is 11.6. The van der Waals surface area contributed by atoms with Crippen molar-refractivity contribution in [2.75, 3.05) is 6.61 Å². The minimum Gasteiger partial charge on any atom is -0.504 e. The largest absolute Gasteiger partial charge is 0.504 e. The van der Waals surface area contributed by atoms with Gasteiger partial charge in [-0.3, -0.25) is 4.79 Å². The van der Waals surface area contributed by atoms with Gasteiger partial charge in [-0.15, -0.1) is 0 Å². The van der Waals surface area contributed by atoms with E-state index in [1.54, 1.807) is 6.07 Å². The summed E-state index contributed by atoms with van der Waals surface area (Å²) in [6.45, 7) is 0.452. The second kappa shape index (κ2) is 5.27. The number of nitrogens with two attached hydrogens (primary N) is 1. The molecule has 0 spiro atoms. The molecule has 5 nitrogen and oxygen atoms in total. The first-order valence-electron chi connectivity index (χ1n) is 5.99. The molecule has 0 saturated heterocycles. The van der Waals surface area contributed by atoms with Gasteiger partial charge >= 0.3 is 5.97 Å². The third-order valence-electron chi connectivity index (χ3n) is 2.96. The molecule has 5 heteroatoms. The van der Waals surface area contributed by atoms with E-state index >= 15 is 0 Å². The van der Waals surface area contributed by atoms with Gasteiger partial charge in [0, 0.05) is 0 Å². The smallest absolute Gasteiger partial charge is 0.323 e. The van der Waals surface area contributed by atoms with Crippen molar-refractivity contribution in [2.45, 2.75) is 25.3 Å². The van der Waals surface area contributed by atoms with E-state index in [0.717, 1.165) is 12.8 Å². The lowest BCUT2D eigenvalue weighted by Gasteiger charge is -2.11. The molecule has 1 aliphatic rings. The summed E-state index contributed by atoms with van der Waals surface area (Å²) in [5, 5.41) is 18.5. The van der Waals surface area contributed by atoms with Crippen LogP contribution in [0.2, 0.25) is 0 Å². The van der Waals surface area contributed by atoms with Crippen molar-refractivity contribution in [3.8, 4) is 11.5 Å². The highest BCUT2D eigenvalue weighted by molar-refractivity contribution is 5.76. The fourth-order valence-corrected chi connectivity index (χ4v) is 1.62. The van der Waals surface area contributed by atoms with E-state index < -0.39 is 12.0 Å². The predicted molar refractivity (Wildman–Crippen MR) is 65.1 cm³/mol. The number of esters is 1. The first-order valence-corrected chi connectivity index (χ1v) is 5.99. The minimum atomic E-state index is -0.743. The number of hydrogen-bond donors (Lipinski definition) is 3. The Labute approximate surface area is 105 Å². The van der Waals surface area contributed by atoms with E-state index in [-0.39, 0.29) is 17.9 Å². The predicted octanol–water partition coefficient (Wildman–Crippen LogP) is 0.921. The van der Waals surface area contributed by atoms with Crippen molar-refractivity contribution in [1.29, 1.82) is 0 Å². The number of rotatable bonds is 5. The van der Waals surface area contributed by atoms with Gasteiger partial charge in [0.05, 0.1) is 6.61 Å². The van der Waals surface area contributed by atoms with Gasteiger partial charge in [0.25, 0.3) is 0 Å². The number of phenols is 2. The normalized spacial score (nSPS) is 16.3. The zero-order valence-electron chi connectivity index (χ0n) is 10.0. The van der Waals surface area contributed by atoms with Crippen LogP contribution in [0.25, 0.3) is 0 Å².